The number of likely N-dealkylation sites (N-methyl/N-ethyl adjacent to an activating group) is 1. The Bertz CT molecular complexity index is 452. The lowest BCUT2D eigenvalue weighted by Gasteiger charge is -2.20. The quantitative estimate of drug-likeness (QED) is 0.621. The molecule has 0 aliphatic carbocycles. The van der Waals surface area contributed by atoms with Gasteiger partial charge in [-0.25, -0.2) is 0 Å². The van der Waals surface area contributed by atoms with E-state index in [2.05, 4.69) is 53.3 Å². The standard InChI is InChI=1S/C17H28N4/c1-3-21-12-4-5-16(21)13-20-17(18)19-11-10-15-8-6-14(2)7-9-15/h6-9,16H,3-5,10-13H2,1-2H3,(H3,18,19,20). The van der Waals surface area contributed by atoms with Crippen molar-refractivity contribution in [2.24, 2.45) is 10.7 Å². The van der Waals surface area contributed by atoms with Gasteiger partial charge in [-0.3, -0.25) is 9.89 Å². The minimum absolute atomic E-state index is 0.574. The van der Waals surface area contributed by atoms with Crippen LogP contribution in [0.1, 0.15) is 30.9 Å². The molecule has 0 amide bonds. The number of benzene rings is 1. The van der Waals surface area contributed by atoms with E-state index in [1.807, 2.05) is 0 Å². The van der Waals surface area contributed by atoms with E-state index in [1.54, 1.807) is 0 Å². The highest BCUT2D eigenvalue weighted by molar-refractivity contribution is 5.77. The van der Waals surface area contributed by atoms with E-state index >= 15 is 0 Å². The highest BCUT2D eigenvalue weighted by atomic mass is 15.2. The van der Waals surface area contributed by atoms with Crippen LogP contribution in [0.5, 0.6) is 0 Å². The minimum Gasteiger partial charge on any atom is -0.370 e. The molecule has 1 atom stereocenters. The summed E-state index contributed by atoms with van der Waals surface area (Å²) < 4.78 is 0. The monoisotopic (exact) mass is 288 g/mol. The van der Waals surface area contributed by atoms with Gasteiger partial charge in [0.2, 0.25) is 0 Å². The number of aliphatic imine (C=N–C) groups is 1. The number of nitrogens with two attached hydrogens (primary N) is 1. The predicted molar refractivity (Wildman–Crippen MR) is 89.6 cm³/mol. The lowest BCUT2D eigenvalue weighted by molar-refractivity contribution is 0.273. The number of nitrogens with one attached hydrogen (secondary N) is 1. The Hall–Kier alpha value is -1.55. The number of hydrogen-bond donors (Lipinski definition) is 2. The van der Waals surface area contributed by atoms with Gasteiger partial charge in [-0.2, -0.15) is 0 Å². The van der Waals surface area contributed by atoms with Crippen molar-refractivity contribution in [3.63, 3.8) is 0 Å². The van der Waals surface area contributed by atoms with Crippen LogP contribution in [-0.4, -0.2) is 43.1 Å². The molecule has 1 fully saturated rings. The molecule has 1 aromatic carbocycles. The summed E-state index contributed by atoms with van der Waals surface area (Å²) in [6.07, 6.45) is 3.50. The minimum atomic E-state index is 0.574. The average molecular weight is 288 g/mol. The SMILES string of the molecule is CCN1CCCC1CN=C(N)NCCc1ccc(C)cc1. The zero-order valence-corrected chi connectivity index (χ0v) is 13.3. The zero-order valence-electron chi connectivity index (χ0n) is 13.3. The van der Waals surface area contributed by atoms with Crippen molar-refractivity contribution in [2.45, 2.75) is 39.2 Å². The molecule has 0 spiro atoms. The van der Waals surface area contributed by atoms with Crippen LogP contribution in [0.25, 0.3) is 0 Å². The van der Waals surface area contributed by atoms with Crippen molar-refractivity contribution < 1.29 is 0 Å². The second-order valence-electron chi connectivity index (χ2n) is 5.81. The number of aryl methyl sites for hydroxylation is 1. The molecule has 1 heterocycles. The Labute approximate surface area is 128 Å². The fourth-order valence-electron chi connectivity index (χ4n) is 2.87. The van der Waals surface area contributed by atoms with Crippen molar-refractivity contribution in [1.29, 1.82) is 0 Å². The van der Waals surface area contributed by atoms with Crippen LogP contribution in [0.2, 0.25) is 0 Å². The van der Waals surface area contributed by atoms with Gasteiger partial charge in [0.05, 0.1) is 6.54 Å². The fourth-order valence-corrected chi connectivity index (χ4v) is 2.87. The summed E-state index contributed by atoms with van der Waals surface area (Å²) in [7, 11) is 0. The third-order valence-electron chi connectivity index (χ3n) is 4.22. The van der Waals surface area contributed by atoms with Gasteiger partial charge in [-0.05, 0) is 44.8 Å². The summed E-state index contributed by atoms with van der Waals surface area (Å²) in [6, 6.07) is 9.20. The Morgan fingerprint density at radius 1 is 1.38 bits per heavy atom. The summed E-state index contributed by atoms with van der Waals surface area (Å²) in [5.74, 6) is 0.574. The molecule has 21 heavy (non-hydrogen) atoms. The van der Waals surface area contributed by atoms with Gasteiger partial charge in [-0.1, -0.05) is 36.8 Å². The van der Waals surface area contributed by atoms with Gasteiger partial charge >= 0.3 is 0 Å². The van der Waals surface area contributed by atoms with Crippen molar-refractivity contribution >= 4 is 5.96 Å². The topological polar surface area (TPSA) is 53.6 Å². The lowest BCUT2D eigenvalue weighted by Crippen LogP contribution is -2.36. The molecule has 1 aliphatic rings. The van der Waals surface area contributed by atoms with Crippen LogP contribution in [0.4, 0.5) is 0 Å². The first-order valence-corrected chi connectivity index (χ1v) is 8.02. The number of likely N-dealkylation sites (tertiary alicyclic amines) is 1. The largest absolute Gasteiger partial charge is 0.370 e. The van der Waals surface area contributed by atoms with E-state index in [0.717, 1.165) is 26.1 Å². The second-order valence-corrected chi connectivity index (χ2v) is 5.81. The molecule has 1 saturated heterocycles. The number of hydrogen-bond acceptors (Lipinski definition) is 2. The highest BCUT2D eigenvalue weighted by Gasteiger charge is 2.22. The highest BCUT2D eigenvalue weighted by Crippen LogP contribution is 2.16. The van der Waals surface area contributed by atoms with Crippen molar-refractivity contribution in [1.82, 2.24) is 10.2 Å². The normalized spacial score (nSPS) is 19.9. The van der Waals surface area contributed by atoms with Crippen LogP contribution in [0, 0.1) is 6.92 Å². The summed E-state index contributed by atoms with van der Waals surface area (Å²) >= 11 is 0. The predicted octanol–water partition coefficient (Wildman–Crippen LogP) is 1.93. The molecular formula is C17H28N4. The van der Waals surface area contributed by atoms with Gasteiger partial charge in [0.25, 0.3) is 0 Å². The molecule has 0 saturated carbocycles. The van der Waals surface area contributed by atoms with Crippen LogP contribution in [0.15, 0.2) is 29.3 Å². The number of nitrogens with zero attached hydrogens (tertiary/aromatic N) is 2. The lowest BCUT2D eigenvalue weighted by atomic mass is 10.1. The first kappa shape index (κ1) is 15.8. The van der Waals surface area contributed by atoms with E-state index in [0.29, 0.717) is 12.0 Å². The van der Waals surface area contributed by atoms with E-state index in [4.69, 9.17) is 5.73 Å². The Kier molecular flexibility index (Phi) is 6.05. The molecule has 3 N–H and O–H groups in total. The van der Waals surface area contributed by atoms with Crippen LogP contribution >= 0.6 is 0 Å². The second kappa shape index (κ2) is 8.03. The summed E-state index contributed by atoms with van der Waals surface area (Å²) in [6.45, 7) is 8.29. The number of rotatable bonds is 6. The first-order valence-electron chi connectivity index (χ1n) is 8.02. The molecule has 1 unspecified atom stereocenters. The van der Waals surface area contributed by atoms with Crippen LogP contribution in [0.3, 0.4) is 0 Å². The smallest absolute Gasteiger partial charge is 0.188 e. The van der Waals surface area contributed by atoms with Gasteiger partial charge in [0.1, 0.15) is 0 Å². The summed E-state index contributed by atoms with van der Waals surface area (Å²) in [5, 5.41) is 3.21. The number of guanidine groups is 1. The maximum atomic E-state index is 5.95. The molecule has 1 aromatic rings. The molecular weight excluding hydrogens is 260 g/mol. The van der Waals surface area contributed by atoms with E-state index in [1.165, 1.54) is 30.5 Å². The average Bonchev–Trinajstić information content (AvgIpc) is 2.95. The molecule has 116 valence electrons. The molecule has 0 aromatic heterocycles. The zero-order chi connectivity index (χ0) is 15.1. The maximum Gasteiger partial charge on any atom is 0.188 e. The van der Waals surface area contributed by atoms with Crippen molar-refractivity contribution in [3.05, 3.63) is 35.4 Å². The Morgan fingerprint density at radius 3 is 2.86 bits per heavy atom. The van der Waals surface area contributed by atoms with E-state index in [-0.39, 0.29) is 0 Å². The van der Waals surface area contributed by atoms with E-state index < -0.39 is 0 Å². The molecule has 4 heteroatoms. The summed E-state index contributed by atoms with van der Waals surface area (Å²) in [4.78, 5) is 6.98. The van der Waals surface area contributed by atoms with Crippen LogP contribution < -0.4 is 11.1 Å². The van der Waals surface area contributed by atoms with Gasteiger partial charge in [0, 0.05) is 12.6 Å². The van der Waals surface area contributed by atoms with Crippen molar-refractivity contribution in [2.75, 3.05) is 26.2 Å². The van der Waals surface area contributed by atoms with Gasteiger partial charge in [0.15, 0.2) is 5.96 Å². The molecule has 0 bridgehead atoms. The maximum absolute atomic E-state index is 5.95. The third-order valence-corrected chi connectivity index (χ3v) is 4.22. The third kappa shape index (κ3) is 5.05. The summed E-state index contributed by atoms with van der Waals surface area (Å²) in [5.41, 5.74) is 8.57. The molecule has 0 radical (unpaired) electrons. The van der Waals surface area contributed by atoms with Gasteiger partial charge in [-0.15, -0.1) is 0 Å². The molecule has 4 nitrogen and oxygen atoms in total. The Morgan fingerprint density at radius 2 is 2.14 bits per heavy atom. The Balaban J connectivity index is 1.70. The van der Waals surface area contributed by atoms with Gasteiger partial charge < -0.3 is 11.1 Å². The first-order chi connectivity index (χ1) is 10.2. The van der Waals surface area contributed by atoms with Crippen LogP contribution in [-0.2, 0) is 6.42 Å². The fraction of sp³-hybridized carbons (Fsp3) is 0.588. The molecule has 1 aliphatic heterocycles. The van der Waals surface area contributed by atoms with Crippen molar-refractivity contribution in [3.8, 4) is 0 Å². The van der Waals surface area contributed by atoms with E-state index in [9.17, 15) is 0 Å². The molecule has 2 rings (SSSR count).